The Balaban J connectivity index is 1.54. The molecule has 0 saturated heterocycles. The summed E-state index contributed by atoms with van der Waals surface area (Å²) in [4.78, 5) is 19.5. The molecule has 0 aliphatic heterocycles. The van der Waals surface area contributed by atoms with Crippen LogP contribution in [-0.2, 0) is 4.74 Å². The van der Waals surface area contributed by atoms with Gasteiger partial charge in [-0.3, -0.25) is 0 Å². The number of aromatic nitrogens is 2. The first-order chi connectivity index (χ1) is 13.8. The normalized spacial score (nSPS) is 12.1. The Bertz CT molecular complexity index is 971. The lowest BCUT2D eigenvalue weighted by Crippen LogP contribution is -2.34. The molecule has 0 spiro atoms. The second-order valence-corrected chi connectivity index (χ2v) is 7.54. The van der Waals surface area contributed by atoms with Crippen LogP contribution in [0.5, 0.6) is 5.75 Å². The van der Waals surface area contributed by atoms with Gasteiger partial charge in [-0.1, -0.05) is 12.1 Å². The lowest BCUT2D eigenvalue weighted by atomic mass is 10.2. The van der Waals surface area contributed by atoms with E-state index in [1.54, 1.807) is 32.9 Å². The van der Waals surface area contributed by atoms with Crippen molar-refractivity contribution in [1.29, 1.82) is 0 Å². The van der Waals surface area contributed by atoms with E-state index in [2.05, 4.69) is 15.3 Å². The number of nitrogens with one attached hydrogen (secondary N) is 2. The number of para-hydroxylation sites is 2. The number of imidazole rings is 1. The molecule has 6 nitrogen and oxygen atoms in total. The molecule has 3 rings (SSSR count). The van der Waals surface area contributed by atoms with E-state index in [-0.39, 0.29) is 18.7 Å². The Kier molecular flexibility index (Phi) is 6.16. The number of alkyl carbamates (subject to hydrolysis) is 1. The van der Waals surface area contributed by atoms with Crippen molar-refractivity contribution in [3.63, 3.8) is 0 Å². The Labute approximate surface area is 168 Å². The van der Waals surface area contributed by atoms with Crippen molar-refractivity contribution in [3.05, 3.63) is 60.4 Å². The fraction of sp³-hybridized carbons (Fsp3) is 0.273. The third-order valence-corrected chi connectivity index (χ3v) is 3.95. The van der Waals surface area contributed by atoms with E-state index in [1.807, 2.05) is 36.4 Å². The topological polar surface area (TPSA) is 76.2 Å². The van der Waals surface area contributed by atoms with Crippen LogP contribution in [0.1, 0.15) is 20.8 Å². The summed E-state index contributed by atoms with van der Waals surface area (Å²) in [7, 11) is 0. The second-order valence-electron chi connectivity index (χ2n) is 7.54. The van der Waals surface area contributed by atoms with Gasteiger partial charge in [-0.05, 0) is 57.2 Å². The Morgan fingerprint density at radius 2 is 1.90 bits per heavy atom. The highest BCUT2D eigenvalue weighted by atomic mass is 19.1. The third kappa shape index (κ3) is 5.81. The zero-order valence-electron chi connectivity index (χ0n) is 16.7. The van der Waals surface area contributed by atoms with Crippen LogP contribution in [-0.4, -0.2) is 34.8 Å². The molecule has 3 aromatic rings. The summed E-state index contributed by atoms with van der Waals surface area (Å²) in [6, 6.07) is 15.2. The zero-order chi connectivity index (χ0) is 20.9. The van der Waals surface area contributed by atoms with E-state index in [1.165, 1.54) is 0 Å². The van der Waals surface area contributed by atoms with Crippen molar-refractivity contribution in [2.75, 3.05) is 13.2 Å². The molecule has 0 aliphatic rings. The minimum atomic E-state index is -0.609. The predicted molar refractivity (Wildman–Crippen MR) is 110 cm³/mol. The molecule has 0 radical (unpaired) electrons. The predicted octanol–water partition coefficient (Wildman–Crippen LogP) is 4.99. The quantitative estimate of drug-likeness (QED) is 0.615. The molecule has 29 heavy (non-hydrogen) atoms. The highest BCUT2D eigenvalue weighted by molar-refractivity contribution is 5.79. The molecule has 2 aromatic carbocycles. The molecule has 1 amide bonds. The van der Waals surface area contributed by atoms with Crippen molar-refractivity contribution in [2.24, 2.45) is 0 Å². The first-order valence-electron chi connectivity index (χ1n) is 9.27. The number of carbonyl (C=O) groups excluding carboxylic acids is 1. The number of aromatic amines is 1. The van der Waals surface area contributed by atoms with Crippen LogP contribution in [0.25, 0.3) is 22.4 Å². The van der Waals surface area contributed by atoms with Gasteiger partial charge in [-0.2, -0.15) is 0 Å². The SMILES string of the molecule is CC(C)(C)OC(=O)NCC(=CF)COc1ccc(-c2nc3ccccc3[nH]2)cc1. The van der Waals surface area contributed by atoms with Gasteiger partial charge in [0.15, 0.2) is 0 Å². The van der Waals surface area contributed by atoms with Crippen molar-refractivity contribution >= 4 is 17.1 Å². The van der Waals surface area contributed by atoms with Crippen molar-refractivity contribution in [2.45, 2.75) is 26.4 Å². The number of carbonyl (C=O) groups is 1. The van der Waals surface area contributed by atoms with Crippen LogP contribution < -0.4 is 10.1 Å². The van der Waals surface area contributed by atoms with E-state index < -0.39 is 11.7 Å². The van der Waals surface area contributed by atoms with Crippen LogP contribution in [0.3, 0.4) is 0 Å². The van der Waals surface area contributed by atoms with Gasteiger partial charge in [0.1, 0.15) is 23.8 Å². The zero-order valence-corrected chi connectivity index (χ0v) is 16.7. The molecule has 152 valence electrons. The van der Waals surface area contributed by atoms with Gasteiger partial charge in [-0.15, -0.1) is 0 Å². The average Bonchev–Trinajstić information content (AvgIpc) is 3.11. The average molecular weight is 397 g/mol. The summed E-state index contributed by atoms with van der Waals surface area (Å²) in [5, 5.41) is 2.51. The van der Waals surface area contributed by atoms with E-state index in [0.29, 0.717) is 12.1 Å². The second kappa shape index (κ2) is 8.77. The van der Waals surface area contributed by atoms with Gasteiger partial charge < -0.3 is 19.8 Å². The van der Waals surface area contributed by atoms with Crippen LogP contribution in [0.2, 0.25) is 0 Å². The van der Waals surface area contributed by atoms with Crippen molar-refractivity contribution in [3.8, 4) is 17.1 Å². The summed E-state index contributed by atoms with van der Waals surface area (Å²) in [6.45, 7) is 5.29. The summed E-state index contributed by atoms with van der Waals surface area (Å²) >= 11 is 0. The number of ether oxygens (including phenoxy) is 2. The molecule has 2 N–H and O–H groups in total. The first kappa shape index (κ1) is 20.4. The highest BCUT2D eigenvalue weighted by Crippen LogP contribution is 2.23. The largest absolute Gasteiger partial charge is 0.489 e. The fourth-order valence-electron chi connectivity index (χ4n) is 2.60. The Morgan fingerprint density at radius 3 is 2.55 bits per heavy atom. The third-order valence-electron chi connectivity index (χ3n) is 3.95. The van der Waals surface area contributed by atoms with E-state index >= 15 is 0 Å². The number of nitrogens with zero attached hydrogens (tertiary/aromatic N) is 1. The fourth-order valence-corrected chi connectivity index (χ4v) is 2.60. The molecule has 0 unspecified atom stereocenters. The number of amides is 1. The molecule has 1 heterocycles. The van der Waals surface area contributed by atoms with Gasteiger partial charge in [0.05, 0.1) is 17.4 Å². The molecule has 0 aliphatic carbocycles. The lowest BCUT2D eigenvalue weighted by molar-refractivity contribution is 0.0531. The van der Waals surface area contributed by atoms with Crippen LogP contribution in [0.4, 0.5) is 9.18 Å². The number of hydrogen-bond acceptors (Lipinski definition) is 4. The number of H-pyrrole nitrogens is 1. The minimum Gasteiger partial charge on any atom is -0.489 e. The maximum Gasteiger partial charge on any atom is 0.407 e. The van der Waals surface area contributed by atoms with Crippen LogP contribution in [0, 0.1) is 0 Å². The van der Waals surface area contributed by atoms with Gasteiger partial charge >= 0.3 is 6.09 Å². The molecule has 0 saturated carbocycles. The number of hydrogen-bond donors (Lipinski definition) is 2. The summed E-state index contributed by atoms with van der Waals surface area (Å²) in [5.74, 6) is 1.35. The summed E-state index contributed by atoms with van der Waals surface area (Å²) in [5.41, 5.74) is 2.47. The van der Waals surface area contributed by atoms with E-state index in [0.717, 1.165) is 22.4 Å². The molecule has 0 atom stereocenters. The van der Waals surface area contributed by atoms with Crippen LogP contribution in [0.15, 0.2) is 60.4 Å². The van der Waals surface area contributed by atoms with Crippen molar-refractivity contribution in [1.82, 2.24) is 15.3 Å². The molecule has 0 fully saturated rings. The van der Waals surface area contributed by atoms with Crippen molar-refractivity contribution < 1.29 is 18.7 Å². The molecule has 7 heteroatoms. The smallest absolute Gasteiger partial charge is 0.407 e. The summed E-state index contributed by atoms with van der Waals surface area (Å²) in [6.07, 6.45) is -0.174. The number of benzene rings is 2. The maximum atomic E-state index is 13.1. The number of halogens is 1. The molecular formula is C22H24FN3O3. The maximum absolute atomic E-state index is 13.1. The Hall–Kier alpha value is -3.35. The standard InChI is InChI=1S/C22H24FN3O3/c1-22(2,3)29-21(27)24-13-15(12-23)14-28-17-10-8-16(9-11-17)20-25-18-6-4-5-7-19(18)26-20/h4-12H,13-14H2,1-3H3,(H,24,27)(H,25,26). The summed E-state index contributed by atoms with van der Waals surface area (Å²) < 4.78 is 23.8. The van der Waals surface area contributed by atoms with Gasteiger partial charge in [0, 0.05) is 17.7 Å². The van der Waals surface area contributed by atoms with Gasteiger partial charge in [0.2, 0.25) is 0 Å². The lowest BCUT2D eigenvalue weighted by Gasteiger charge is -2.20. The minimum absolute atomic E-state index is 0.00246. The number of rotatable bonds is 6. The molecular weight excluding hydrogens is 373 g/mol. The molecule has 0 bridgehead atoms. The monoisotopic (exact) mass is 397 g/mol. The van der Waals surface area contributed by atoms with Crippen LogP contribution >= 0.6 is 0 Å². The van der Waals surface area contributed by atoms with E-state index in [9.17, 15) is 9.18 Å². The highest BCUT2D eigenvalue weighted by Gasteiger charge is 2.16. The van der Waals surface area contributed by atoms with Gasteiger partial charge in [0.25, 0.3) is 0 Å². The molecule has 1 aromatic heterocycles. The first-order valence-corrected chi connectivity index (χ1v) is 9.27. The Morgan fingerprint density at radius 1 is 1.17 bits per heavy atom. The van der Waals surface area contributed by atoms with E-state index in [4.69, 9.17) is 9.47 Å². The van der Waals surface area contributed by atoms with Gasteiger partial charge in [-0.25, -0.2) is 14.2 Å². The number of fused-ring (bicyclic) bond motifs is 1.